The molecule has 3 heteroatoms. The average molecular weight is 377 g/mol. The second-order valence-corrected chi connectivity index (χ2v) is 11.8. The van der Waals surface area contributed by atoms with Gasteiger partial charge in [0.2, 0.25) is 0 Å². The van der Waals surface area contributed by atoms with Crippen LogP contribution in [0, 0.1) is 10.8 Å². The summed E-state index contributed by atoms with van der Waals surface area (Å²) in [5.41, 5.74) is 1.90. The number of ether oxygens (including phenoxy) is 1. The van der Waals surface area contributed by atoms with Crippen LogP contribution >= 0.6 is 0 Å². The topological polar surface area (TPSA) is 15.7 Å². The van der Waals surface area contributed by atoms with E-state index >= 15 is 0 Å². The fourth-order valence-corrected chi connectivity index (χ4v) is 6.36. The summed E-state index contributed by atoms with van der Waals surface area (Å²) in [5.74, 6) is 0. The highest BCUT2D eigenvalue weighted by Gasteiger charge is 2.45. The van der Waals surface area contributed by atoms with Crippen LogP contribution in [0.4, 0.5) is 0 Å². The molecule has 0 unspecified atom stereocenters. The first-order chi connectivity index (χ1) is 12.7. The number of piperidine rings is 1. The fourth-order valence-electron chi connectivity index (χ4n) is 6.36. The normalized spacial score (nSPS) is 29.3. The molecule has 0 N–H and O–H groups in total. The predicted octanol–water partition coefficient (Wildman–Crippen LogP) is 5.09. The van der Waals surface area contributed by atoms with E-state index in [2.05, 4.69) is 37.5 Å². The zero-order valence-corrected chi connectivity index (χ0v) is 18.6. The lowest BCUT2D eigenvalue weighted by atomic mass is 9.73. The van der Waals surface area contributed by atoms with Crippen molar-refractivity contribution in [2.75, 3.05) is 39.4 Å². The summed E-state index contributed by atoms with van der Waals surface area (Å²) in [7, 11) is 0. The minimum atomic E-state index is 0.325. The monoisotopic (exact) mass is 376 g/mol. The van der Waals surface area contributed by atoms with E-state index in [4.69, 9.17) is 4.74 Å². The molecule has 3 nitrogen and oxygen atoms in total. The van der Waals surface area contributed by atoms with E-state index in [-0.39, 0.29) is 0 Å². The molecule has 27 heavy (non-hydrogen) atoms. The van der Waals surface area contributed by atoms with Gasteiger partial charge in [0.1, 0.15) is 0 Å². The number of hydrogen-bond acceptors (Lipinski definition) is 3. The third kappa shape index (κ3) is 4.12. The Morgan fingerprint density at radius 3 is 1.74 bits per heavy atom. The van der Waals surface area contributed by atoms with Gasteiger partial charge in [0.15, 0.2) is 0 Å². The molecular formula is C24H44N2O. The van der Waals surface area contributed by atoms with Crippen LogP contribution in [0.25, 0.3) is 0 Å². The maximum atomic E-state index is 5.51. The summed E-state index contributed by atoms with van der Waals surface area (Å²) in [5, 5.41) is 0. The third-order valence-electron chi connectivity index (χ3n) is 9.05. The van der Waals surface area contributed by atoms with Crippen LogP contribution in [0.15, 0.2) is 0 Å². The van der Waals surface area contributed by atoms with Crippen LogP contribution in [0.5, 0.6) is 0 Å². The van der Waals surface area contributed by atoms with Crippen molar-refractivity contribution in [2.45, 2.75) is 103 Å². The smallest absolute Gasteiger partial charge is 0.0545 e. The maximum absolute atomic E-state index is 5.51. The van der Waals surface area contributed by atoms with Gasteiger partial charge in [-0.25, -0.2) is 0 Å². The Morgan fingerprint density at radius 2 is 1.19 bits per heavy atom. The highest BCUT2D eigenvalue weighted by Crippen LogP contribution is 2.46. The highest BCUT2D eigenvalue weighted by atomic mass is 16.5. The second kappa shape index (κ2) is 7.29. The molecule has 4 fully saturated rings. The number of rotatable bonds is 5. The summed E-state index contributed by atoms with van der Waals surface area (Å²) in [6, 6.07) is 0. The lowest BCUT2D eigenvalue weighted by Crippen LogP contribution is -2.56. The van der Waals surface area contributed by atoms with E-state index in [1.165, 1.54) is 90.4 Å². The summed E-state index contributed by atoms with van der Waals surface area (Å²) >= 11 is 0. The molecule has 1 saturated carbocycles. The Morgan fingerprint density at radius 1 is 0.667 bits per heavy atom. The van der Waals surface area contributed by atoms with Gasteiger partial charge in [-0.3, -0.25) is 9.80 Å². The quantitative estimate of drug-likeness (QED) is 0.664. The van der Waals surface area contributed by atoms with E-state index in [9.17, 15) is 0 Å². The Balaban J connectivity index is 1.29. The van der Waals surface area contributed by atoms with Gasteiger partial charge in [-0.05, 0) is 97.7 Å². The molecule has 0 atom stereocenters. The Bertz CT molecular complexity index is 506. The van der Waals surface area contributed by atoms with Crippen LogP contribution in [-0.2, 0) is 4.74 Å². The van der Waals surface area contributed by atoms with Gasteiger partial charge in [0.05, 0.1) is 13.2 Å². The molecule has 0 bridgehead atoms. The van der Waals surface area contributed by atoms with Gasteiger partial charge in [0.25, 0.3) is 0 Å². The van der Waals surface area contributed by atoms with Gasteiger partial charge < -0.3 is 4.74 Å². The molecule has 0 aromatic carbocycles. The van der Waals surface area contributed by atoms with Gasteiger partial charge in [-0.15, -0.1) is 0 Å². The zero-order valence-electron chi connectivity index (χ0n) is 18.6. The van der Waals surface area contributed by atoms with Crippen molar-refractivity contribution in [3.8, 4) is 0 Å². The van der Waals surface area contributed by atoms with Gasteiger partial charge in [-0.1, -0.05) is 19.3 Å². The minimum absolute atomic E-state index is 0.325. The van der Waals surface area contributed by atoms with Crippen molar-refractivity contribution >= 4 is 0 Å². The van der Waals surface area contributed by atoms with Crippen molar-refractivity contribution in [2.24, 2.45) is 10.8 Å². The largest absolute Gasteiger partial charge is 0.380 e. The third-order valence-corrected chi connectivity index (χ3v) is 9.05. The van der Waals surface area contributed by atoms with Crippen molar-refractivity contribution in [3.63, 3.8) is 0 Å². The first-order valence-electron chi connectivity index (χ1n) is 11.8. The number of likely N-dealkylation sites (tertiary alicyclic amines) is 2. The Hall–Kier alpha value is -0.120. The molecule has 0 radical (unpaired) electrons. The Labute approximate surface area is 168 Å². The SMILES string of the molecule is CC(C)(CCC(C)(C)N1CCC2(CCCCC2)C1)N1CCC2(CC1)COC2. The van der Waals surface area contributed by atoms with Gasteiger partial charge >= 0.3 is 0 Å². The molecule has 2 spiro atoms. The molecular weight excluding hydrogens is 332 g/mol. The molecule has 1 aliphatic carbocycles. The van der Waals surface area contributed by atoms with Gasteiger partial charge in [0, 0.05) is 23.0 Å². The lowest BCUT2D eigenvalue weighted by Gasteiger charge is -2.51. The molecule has 4 rings (SSSR count). The van der Waals surface area contributed by atoms with Crippen LogP contribution in [0.1, 0.15) is 91.9 Å². The molecule has 4 aliphatic rings. The first-order valence-corrected chi connectivity index (χ1v) is 11.8. The Kier molecular flexibility index (Phi) is 5.44. The number of nitrogens with zero attached hydrogens (tertiary/aromatic N) is 2. The first kappa shape index (κ1) is 20.2. The molecule has 3 saturated heterocycles. The highest BCUT2D eigenvalue weighted by molar-refractivity contribution is 4.99. The summed E-state index contributed by atoms with van der Waals surface area (Å²) in [6.45, 7) is 17.3. The molecule has 0 aromatic rings. The predicted molar refractivity (Wildman–Crippen MR) is 113 cm³/mol. The van der Waals surface area contributed by atoms with Crippen molar-refractivity contribution in [1.29, 1.82) is 0 Å². The van der Waals surface area contributed by atoms with Crippen molar-refractivity contribution in [1.82, 2.24) is 9.80 Å². The summed E-state index contributed by atoms with van der Waals surface area (Å²) in [6.07, 6.45) is 14.2. The van der Waals surface area contributed by atoms with Crippen LogP contribution < -0.4 is 0 Å². The minimum Gasteiger partial charge on any atom is -0.380 e. The van der Waals surface area contributed by atoms with E-state index in [0.717, 1.165) is 13.2 Å². The summed E-state index contributed by atoms with van der Waals surface area (Å²) in [4.78, 5) is 5.63. The van der Waals surface area contributed by atoms with E-state index in [1.807, 2.05) is 0 Å². The number of hydrogen-bond donors (Lipinski definition) is 0. The lowest BCUT2D eigenvalue weighted by molar-refractivity contribution is -0.147. The molecule has 3 aliphatic heterocycles. The second-order valence-electron chi connectivity index (χ2n) is 11.8. The molecule has 3 heterocycles. The standard InChI is InChI=1S/C24H44N2O/c1-21(2,25-15-13-24(14-16-25)19-27-20-24)10-11-22(3,4)26-17-12-23(18-26)8-6-5-7-9-23/h5-20H2,1-4H3. The van der Waals surface area contributed by atoms with E-state index in [1.54, 1.807) is 0 Å². The molecule has 0 amide bonds. The average Bonchev–Trinajstić information content (AvgIpc) is 3.04. The molecule has 0 aromatic heterocycles. The zero-order chi connectivity index (χ0) is 19.2. The summed E-state index contributed by atoms with van der Waals surface area (Å²) < 4.78 is 5.51. The van der Waals surface area contributed by atoms with Crippen LogP contribution in [0.3, 0.4) is 0 Å². The maximum Gasteiger partial charge on any atom is 0.0545 e. The van der Waals surface area contributed by atoms with E-state index in [0.29, 0.717) is 21.9 Å². The van der Waals surface area contributed by atoms with Crippen molar-refractivity contribution in [3.05, 3.63) is 0 Å². The van der Waals surface area contributed by atoms with Crippen LogP contribution in [-0.4, -0.2) is 60.3 Å². The fraction of sp³-hybridized carbons (Fsp3) is 1.00. The van der Waals surface area contributed by atoms with Crippen LogP contribution in [0.2, 0.25) is 0 Å². The molecule has 156 valence electrons. The van der Waals surface area contributed by atoms with E-state index < -0.39 is 0 Å². The van der Waals surface area contributed by atoms with Gasteiger partial charge in [-0.2, -0.15) is 0 Å². The van der Waals surface area contributed by atoms with Crippen molar-refractivity contribution < 1.29 is 4.74 Å².